The first-order valence-electron chi connectivity index (χ1n) is 5.00. The number of aliphatic hydroxyl groups excluding tert-OH is 1. The van der Waals surface area contributed by atoms with Crippen LogP contribution in [0.4, 0.5) is 0 Å². The van der Waals surface area contributed by atoms with Crippen LogP contribution in [0.15, 0.2) is 29.8 Å². The number of hydrogen-bond donors (Lipinski definition) is 1. The van der Waals surface area contributed by atoms with E-state index in [1.54, 1.807) is 0 Å². The van der Waals surface area contributed by atoms with Crippen molar-refractivity contribution < 1.29 is 5.11 Å². The minimum Gasteiger partial charge on any atom is -0.384 e. The van der Waals surface area contributed by atoms with Crippen LogP contribution in [0.2, 0.25) is 5.02 Å². The fraction of sp³-hybridized carbons (Fsp3) is 0.333. The Labute approximate surface area is 108 Å². The number of halogens is 2. The summed E-state index contributed by atoms with van der Waals surface area (Å²) in [6.07, 6.45) is 4.91. The van der Waals surface area contributed by atoms with Crippen molar-refractivity contribution in [2.75, 3.05) is 0 Å². The highest BCUT2D eigenvalue weighted by atomic mass is 127. The molecular weight excluding hydrogens is 322 g/mol. The molecule has 0 aliphatic heterocycles. The van der Waals surface area contributed by atoms with Gasteiger partial charge in [-0.1, -0.05) is 23.7 Å². The maximum absolute atomic E-state index is 10.1. The SMILES string of the molecule is OC(C1=CCCC1)c1ccc(I)c(Cl)c1. The van der Waals surface area contributed by atoms with E-state index in [4.69, 9.17) is 11.6 Å². The third-order valence-corrected chi connectivity index (χ3v) is 4.26. The lowest BCUT2D eigenvalue weighted by molar-refractivity contribution is 0.212. The molecule has 0 saturated heterocycles. The molecule has 1 unspecified atom stereocenters. The van der Waals surface area contributed by atoms with E-state index in [1.807, 2.05) is 18.2 Å². The van der Waals surface area contributed by atoms with Crippen molar-refractivity contribution in [2.24, 2.45) is 0 Å². The summed E-state index contributed by atoms with van der Waals surface area (Å²) in [6.45, 7) is 0. The Bertz CT molecular complexity index is 401. The number of aliphatic hydroxyl groups is 1. The first-order valence-corrected chi connectivity index (χ1v) is 6.46. The van der Waals surface area contributed by atoms with E-state index in [0.29, 0.717) is 5.02 Å². The van der Waals surface area contributed by atoms with Gasteiger partial charge in [0.1, 0.15) is 6.10 Å². The molecule has 2 rings (SSSR count). The molecule has 0 fully saturated rings. The third kappa shape index (κ3) is 2.55. The summed E-state index contributed by atoms with van der Waals surface area (Å²) in [5, 5.41) is 10.8. The quantitative estimate of drug-likeness (QED) is 0.638. The third-order valence-electron chi connectivity index (χ3n) is 2.69. The second kappa shape index (κ2) is 4.85. The average Bonchev–Trinajstić information content (AvgIpc) is 2.74. The van der Waals surface area contributed by atoms with Crippen molar-refractivity contribution in [1.29, 1.82) is 0 Å². The van der Waals surface area contributed by atoms with Crippen LogP contribution >= 0.6 is 34.2 Å². The van der Waals surface area contributed by atoms with E-state index in [0.717, 1.165) is 34.0 Å². The summed E-state index contributed by atoms with van der Waals surface area (Å²) in [5.74, 6) is 0. The largest absolute Gasteiger partial charge is 0.384 e. The molecule has 1 aliphatic rings. The zero-order valence-corrected chi connectivity index (χ0v) is 11.1. The topological polar surface area (TPSA) is 20.2 Å². The van der Waals surface area contributed by atoms with Crippen LogP contribution in [0.5, 0.6) is 0 Å². The lowest BCUT2D eigenvalue weighted by Crippen LogP contribution is -2.00. The lowest BCUT2D eigenvalue weighted by atomic mass is 10.0. The van der Waals surface area contributed by atoms with Crippen molar-refractivity contribution in [3.63, 3.8) is 0 Å². The van der Waals surface area contributed by atoms with Crippen molar-refractivity contribution in [1.82, 2.24) is 0 Å². The molecule has 3 heteroatoms. The van der Waals surface area contributed by atoms with E-state index < -0.39 is 6.10 Å². The Morgan fingerprint density at radius 1 is 1.40 bits per heavy atom. The van der Waals surface area contributed by atoms with Gasteiger partial charge in [0.25, 0.3) is 0 Å². The van der Waals surface area contributed by atoms with Crippen molar-refractivity contribution in [3.05, 3.63) is 44.0 Å². The van der Waals surface area contributed by atoms with Gasteiger partial charge in [-0.3, -0.25) is 0 Å². The molecule has 1 atom stereocenters. The summed E-state index contributed by atoms with van der Waals surface area (Å²) in [5.41, 5.74) is 2.03. The maximum atomic E-state index is 10.1. The fourth-order valence-electron chi connectivity index (χ4n) is 1.84. The molecule has 1 N–H and O–H groups in total. The number of benzene rings is 1. The molecular formula is C12H12ClIO. The van der Waals surface area contributed by atoms with Crippen LogP contribution in [-0.2, 0) is 0 Å². The summed E-state index contributed by atoms with van der Waals surface area (Å²) in [4.78, 5) is 0. The zero-order chi connectivity index (χ0) is 10.8. The molecule has 0 saturated carbocycles. The van der Waals surface area contributed by atoms with Gasteiger partial charge < -0.3 is 5.11 Å². The molecule has 0 radical (unpaired) electrons. The molecule has 0 amide bonds. The Kier molecular flexibility index (Phi) is 3.69. The van der Waals surface area contributed by atoms with Crippen LogP contribution < -0.4 is 0 Å². The minimum atomic E-state index is -0.470. The molecule has 1 aromatic rings. The van der Waals surface area contributed by atoms with E-state index in [9.17, 15) is 5.11 Å². The van der Waals surface area contributed by atoms with Gasteiger partial charge in [-0.25, -0.2) is 0 Å². The Balaban J connectivity index is 2.25. The molecule has 1 aromatic carbocycles. The van der Waals surface area contributed by atoms with Crippen LogP contribution in [0.1, 0.15) is 30.9 Å². The Morgan fingerprint density at radius 2 is 2.20 bits per heavy atom. The second-order valence-electron chi connectivity index (χ2n) is 3.75. The van der Waals surface area contributed by atoms with E-state index in [2.05, 4.69) is 28.7 Å². The Hall–Kier alpha value is -0.0600. The van der Waals surface area contributed by atoms with Gasteiger partial charge in [0.05, 0.1) is 5.02 Å². The van der Waals surface area contributed by atoms with E-state index >= 15 is 0 Å². The molecule has 0 bridgehead atoms. The van der Waals surface area contributed by atoms with E-state index in [1.165, 1.54) is 0 Å². The van der Waals surface area contributed by atoms with Crippen LogP contribution in [0.3, 0.4) is 0 Å². The van der Waals surface area contributed by atoms with Gasteiger partial charge in [0.2, 0.25) is 0 Å². The van der Waals surface area contributed by atoms with Gasteiger partial charge >= 0.3 is 0 Å². The first-order chi connectivity index (χ1) is 7.18. The highest BCUT2D eigenvalue weighted by Crippen LogP contribution is 2.32. The molecule has 1 nitrogen and oxygen atoms in total. The lowest BCUT2D eigenvalue weighted by Gasteiger charge is -2.13. The number of rotatable bonds is 2. The molecule has 80 valence electrons. The van der Waals surface area contributed by atoms with Gasteiger partial charge in [-0.2, -0.15) is 0 Å². The van der Waals surface area contributed by atoms with Gasteiger partial charge in [0.15, 0.2) is 0 Å². The molecule has 0 aromatic heterocycles. The minimum absolute atomic E-state index is 0.470. The monoisotopic (exact) mass is 334 g/mol. The predicted octanol–water partition coefficient (Wildman–Crippen LogP) is 4.09. The normalized spacial score (nSPS) is 17.7. The highest BCUT2D eigenvalue weighted by molar-refractivity contribution is 14.1. The smallest absolute Gasteiger partial charge is 0.100 e. The zero-order valence-electron chi connectivity index (χ0n) is 8.21. The van der Waals surface area contributed by atoms with Gasteiger partial charge in [0, 0.05) is 3.57 Å². The van der Waals surface area contributed by atoms with Gasteiger partial charge in [-0.15, -0.1) is 0 Å². The average molecular weight is 335 g/mol. The van der Waals surface area contributed by atoms with Gasteiger partial charge in [-0.05, 0) is 65.1 Å². The van der Waals surface area contributed by atoms with Crippen LogP contribution in [-0.4, -0.2) is 5.11 Å². The molecule has 0 heterocycles. The van der Waals surface area contributed by atoms with Crippen molar-refractivity contribution >= 4 is 34.2 Å². The summed E-state index contributed by atoms with van der Waals surface area (Å²) in [6, 6.07) is 5.74. The predicted molar refractivity (Wildman–Crippen MR) is 71.1 cm³/mol. The van der Waals surface area contributed by atoms with Crippen molar-refractivity contribution in [2.45, 2.75) is 25.4 Å². The Morgan fingerprint density at radius 3 is 2.80 bits per heavy atom. The van der Waals surface area contributed by atoms with Crippen LogP contribution in [0.25, 0.3) is 0 Å². The van der Waals surface area contributed by atoms with E-state index in [-0.39, 0.29) is 0 Å². The van der Waals surface area contributed by atoms with Crippen molar-refractivity contribution in [3.8, 4) is 0 Å². The molecule has 1 aliphatic carbocycles. The molecule has 0 spiro atoms. The summed E-state index contributed by atoms with van der Waals surface area (Å²) >= 11 is 8.21. The summed E-state index contributed by atoms with van der Waals surface area (Å²) in [7, 11) is 0. The maximum Gasteiger partial charge on any atom is 0.100 e. The fourth-order valence-corrected chi connectivity index (χ4v) is 2.37. The first kappa shape index (κ1) is 11.4. The number of allylic oxidation sites excluding steroid dienone is 1. The van der Waals surface area contributed by atoms with Crippen LogP contribution in [0, 0.1) is 3.57 Å². The summed E-state index contributed by atoms with van der Waals surface area (Å²) < 4.78 is 1.02. The molecule has 15 heavy (non-hydrogen) atoms. The second-order valence-corrected chi connectivity index (χ2v) is 5.32. The highest BCUT2D eigenvalue weighted by Gasteiger charge is 2.16. The number of hydrogen-bond acceptors (Lipinski definition) is 1. The standard InChI is InChI=1S/C12H12ClIO/c13-10-7-9(5-6-11(10)14)12(15)8-3-1-2-4-8/h3,5-7,12,15H,1-2,4H2.